The molecule has 0 rings (SSSR count). The van der Waals surface area contributed by atoms with E-state index in [1.54, 1.807) is 6.08 Å². The third-order valence-electron chi connectivity index (χ3n) is 1.45. The van der Waals surface area contributed by atoms with E-state index in [0.717, 1.165) is 0 Å². The van der Waals surface area contributed by atoms with Gasteiger partial charge in [-0.2, -0.15) is 0 Å². The summed E-state index contributed by atoms with van der Waals surface area (Å²) in [5.74, 6) is -5.02. The largest absolute Gasteiger partial charge is 0.481 e. The van der Waals surface area contributed by atoms with Gasteiger partial charge in [0, 0.05) is 6.54 Å². The average Bonchev–Trinajstić information content (AvgIpc) is 2.15. The zero-order chi connectivity index (χ0) is 14.1. The van der Waals surface area contributed by atoms with Crippen LogP contribution in [0.4, 0.5) is 0 Å². The van der Waals surface area contributed by atoms with E-state index in [0.29, 0.717) is 6.54 Å². The first-order valence-electron chi connectivity index (χ1n) is 4.40. The topological polar surface area (TPSA) is 158 Å². The average molecular weight is 249 g/mol. The van der Waals surface area contributed by atoms with E-state index in [4.69, 9.17) is 26.2 Å². The third-order valence-corrected chi connectivity index (χ3v) is 1.45. The van der Waals surface area contributed by atoms with E-state index in [9.17, 15) is 14.4 Å². The van der Waals surface area contributed by atoms with Gasteiger partial charge in [-0.05, 0) is 0 Å². The summed E-state index contributed by atoms with van der Waals surface area (Å²) in [7, 11) is 0. The Bertz CT molecular complexity index is 284. The Morgan fingerprint density at radius 1 is 1.12 bits per heavy atom. The molecule has 0 heterocycles. The van der Waals surface area contributed by atoms with Crippen molar-refractivity contribution in [2.45, 2.75) is 18.4 Å². The normalized spacial score (nSPS) is 9.76. The number of nitrogens with two attached hydrogens (primary N) is 1. The van der Waals surface area contributed by atoms with E-state index in [2.05, 4.69) is 6.58 Å². The molecule has 0 atom stereocenters. The van der Waals surface area contributed by atoms with Crippen molar-refractivity contribution in [2.24, 2.45) is 5.73 Å². The second-order valence-electron chi connectivity index (χ2n) is 3.00. The van der Waals surface area contributed by atoms with Crippen LogP contribution in [0.15, 0.2) is 12.7 Å². The molecule has 0 spiro atoms. The molecule has 0 aromatic carbocycles. The van der Waals surface area contributed by atoms with Crippen LogP contribution >= 0.6 is 0 Å². The summed E-state index contributed by atoms with van der Waals surface area (Å²) in [5, 5.41) is 33.8. The highest BCUT2D eigenvalue weighted by Crippen LogP contribution is 2.15. The monoisotopic (exact) mass is 249 g/mol. The Kier molecular flexibility index (Phi) is 8.47. The molecule has 0 bridgehead atoms. The van der Waals surface area contributed by atoms with Crippen LogP contribution in [0.2, 0.25) is 0 Å². The van der Waals surface area contributed by atoms with Gasteiger partial charge in [-0.1, -0.05) is 6.08 Å². The highest BCUT2D eigenvalue weighted by atomic mass is 16.4. The molecule has 0 aromatic heterocycles. The Morgan fingerprint density at radius 3 is 1.53 bits per heavy atom. The molecule has 0 fully saturated rings. The molecular weight excluding hydrogens is 234 g/mol. The van der Waals surface area contributed by atoms with Crippen LogP contribution in [-0.4, -0.2) is 50.5 Å². The van der Waals surface area contributed by atoms with Crippen LogP contribution in [0.25, 0.3) is 0 Å². The van der Waals surface area contributed by atoms with Crippen molar-refractivity contribution in [3.63, 3.8) is 0 Å². The first kappa shape index (κ1) is 17.5. The van der Waals surface area contributed by atoms with Crippen LogP contribution in [0.5, 0.6) is 0 Å². The molecular formula is C9H15NO7. The van der Waals surface area contributed by atoms with Gasteiger partial charge in [0.25, 0.3) is 0 Å². The Labute approximate surface area is 97.0 Å². The van der Waals surface area contributed by atoms with E-state index < -0.39 is 36.4 Å². The molecule has 0 aliphatic carbocycles. The molecule has 8 heteroatoms. The number of aliphatic hydroxyl groups is 1. The summed E-state index contributed by atoms with van der Waals surface area (Å²) in [5.41, 5.74) is 2.17. The molecule has 0 saturated heterocycles. The quantitative estimate of drug-likeness (QED) is 0.370. The molecule has 0 aliphatic rings. The van der Waals surface area contributed by atoms with Crippen molar-refractivity contribution >= 4 is 17.9 Å². The van der Waals surface area contributed by atoms with Crippen LogP contribution in [-0.2, 0) is 14.4 Å². The summed E-state index contributed by atoms with van der Waals surface area (Å²) in [4.78, 5) is 30.5. The van der Waals surface area contributed by atoms with Gasteiger partial charge in [0.2, 0.25) is 0 Å². The Morgan fingerprint density at radius 2 is 1.41 bits per heavy atom. The molecule has 8 nitrogen and oxygen atoms in total. The van der Waals surface area contributed by atoms with Crippen LogP contribution in [0.1, 0.15) is 12.8 Å². The first-order valence-corrected chi connectivity index (χ1v) is 4.40. The molecule has 98 valence electrons. The summed E-state index contributed by atoms with van der Waals surface area (Å²) in [6, 6.07) is 0. The predicted octanol–water partition coefficient (Wildman–Crippen LogP) is -1.12. The lowest BCUT2D eigenvalue weighted by Crippen LogP contribution is -2.42. The number of carbonyl (C=O) groups is 3. The van der Waals surface area contributed by atoms with E-state index in [1.807, 2.05) is 0 Å². The number of aliphatic carboxylic acids is 3. The van der Waals surface area contributed by atoms with Gasteiger partial charge in [0.05, 0.1) is 12.8 Å². The molecule has 0 radical (unpaired) electrons. The van der Waals surface area contributed by atoms with E-state index >= 15 is 0 Å². The number of carboxylic acids is 3. The predicted molar refractivity (Wildman–Crippen MR) is 56.3 cm³/mol. The van der Waals surface area contributed by atoms with Gasteiger partial charge in [-0.15, -0.1) is 6.58 Å². The summed E-state index contributed by atoms with van der Waals surface area (Å²) in [6.07, 6.45) is -0.636. The fourth-order valence-corrected chi connectivity index (χ4v) is 0.714. The smallest absolute Gasteiger partial charge is 0.336 e. The third kappa shape index (κ3) is 9.03. The second-order valence-corrected chi connectivity index (χ2v) is 3.00. The minimum Gasteiger partial charge on any atom is -0.481 e. The Hall–Kier alpha value is -1.93. The molecule has 0 saturated carbocycles. The highest BCUT2D eigenvalue weighted by molar-refractivity contribution is 5.88. The van der Waals surface area contributed by atoms with Gasteiger partial charge in [-0.25, -0.2) is 4.79 Å². The fourth-order valence-electron chi connectivity index (χ4n) is 0.714. The number of hydrogen-bond acceptors (Lipinski definition) is 5. The molecule has 17 heavy (non-hydrogen) atoms. The lowest BCUT2D eigenvalue weighted by molar-refractivity contribution is -0.170. The maximum absolute atomic E-state index is 10.3. The van der Waals surface area contributed by atoms with Crippen molar-refractivity contribution in [1.29, 1.82) is 0 Å². The van der Waals surface area contributed by atoms with Crippen molar-refractivity contribution in [3.8, 4) is 0 Å². The van der Waals surface area contributed by atoms with Crippen molar-refractivity contribution in [2.75, 3.05) is 6.54 Å². The van der Waals surface area contributed by atoms with E-state index in [-0.39, 0.29) is 0 Å². The minimum absolute atomic E-state index is 0.583. The molecule has 6 N–H and O–H groups in total. The minimum atomic E-state index is -2.74. The van der Waals surface area contributed by atoms with Crippen molar-refractivity contribution in [1.82, 2.24) is 0 Å². The molecule has 0 aromatic rings. The van der Waals surface area contributed by atoms with Crippen molar-refractivity contribution in [3.05, 3.63) is 12.7 Å². The van der Waals surface area contributed by atoms with Crippen LogP contribution in [0.3, 0.4) is 0 Å². The summed E-state index contributed by atoms with van der Waals surface area (Å²) in [6.45, 7) is 3.94. The summed E-state index contributed by atoms with van der Waals surface area (Å²) < 4.78 is 0. The van der Waals surface area contributed by atoms with Gasteiger partial charge in [0.15, 0.2) is 5.60 Å². The zero-order valence-electron chi connectivity index (χ0n) is 9.00. The molecule has 0 aliphatic heterocycles. The number of carboxylic acid groups (broad SMARTS) is 3. The number of rotatable bonds is 6. The SMILES string of the molecule is C=CCN.O=C(O)CC(O)(CC(=O)O)C(=O)O. The van der Waals surface area contributed by atoms with Gasteiger partial charge in [0.1, 0.15) is 0 Å². The van der Waals surface area contributed by atoms with Gasteiger partial charge >= 0.3 is 17.9 Å². The standard InChI is InChI=1S/C6H8O7.C3H7N/c7-3(8)1-6(13,5(11)12)2-4(9)10;1-2-3-4/h13H,1-2H2,(H,7,8)(H,9,10)(H,11,12);2H,1,3-4H2. The van der Waals surface area contributed by atoms with Gasteiger partial charge < -0.3 is 26.2 Å². The second kappa shape index (κ2) is 8.25. The lowest BCUT2D eigenvalue weighted by atomic mass is 9.96. The number of hydrogen-bond donors (Lipinski definition) is 5. The zero-order valence-corrected chi connectivity index (χ0v) is 9.00. The maximum atomic E-state index is 10.3. The lowest BCUT2D eigenvalue weighted by Gasteiger charge is -2.18. The highest BCUT2D eigenvalue weighted by Gasteiger charge is 2.40. The molecule has 0 unspecified atom stereocenters. The summed E-state index contributed by atoms with van der Waals surface area (Å²) >= 11 is 0. The van der Waals surface area contributed by atoms with Gasteiger partial charge in [-0.3, -0.25) is 9.59 Å². The van der Waals surface area contributed by atoms with Crippen LogP contribution in [0, 0.1) is 0 Å². The van der Waals surface area contributed by atoms with Crippen molar-refractivity contribution < 1.29 is 34.8 Å². The molecule has 0 amide bonds. The fraction of sp³-hybridized carbons (Fsp3) is 0.444. The van der Waals surface area contributed by atoms with Crippen LogP contribution < -0.4 is 5.73 Å². The first-order chi connectivity index (χ1) is 7.69. The Balaban J connectivity index is 0. The maximum Gasteiger partial charge on any atom is 0.336 e. The van der Waals surface area contributed by atoms with E-state index in [1.165, 1.54) is 0 Å².